The lowest BCUT2D eigenvalue weighted by Crippen LogP contribution is -2.11. The van der Waals surface area contributed by atoms with E-state index in [1.807, 2.05) is 13.8 Å². The van der Waals surface area contributed by atoms with Crippen molar-refractivity contribution in [1.82, 2.24) is 9.97 Å². The summed E-state index contributed by atoms with van der Waals surface area (Å²) in [6, 6.07) is 0. The summed E-state index contributed by atoms with van der Waals surface area (Å²) in [4.78, 5) is 8.63. The Balaban J connectivity index is 2.02. The van der Waals surface area contributed by atoms with Crippen LogP contribution in [0.5, 0.6) is 5.75 Å². The van der Waals surface area contributed by atoms with Gasteiger partial charge in [-0.3, -0.25) is 0 Å². The van der Waals surface area contributed by atoms with E-state index in [2.05, 4.69) is 9.97 Å². The summed E-state index contributed by atoms with van der Waals surface area (Å²) in [6.45, 7) is 4.70. The summed E-state index contributed by atoms with van der Waals surface area (Å²) in [7, 11) is 0. The Bertz CT molecular complexity index is 387. The minimum absolute atomic E-state index is 0.0950. The molecule has 1 aromatic heterocycles. The van der Waals surface area contributed by atoms with Gasteiger partial charge in [-0.2, -0.15) is 0 Å². The van der Waals surface area contributed by atoms with Crippen LogP contribution in [0.3, 0.4) is 0 Å². The Morgan fingerprint density at radius 1 is 1.39 bits per heavy atom. The summed E-state index contributed by atoms with van der Waals surface area (Å²) in [5.41, 5.74) is 0.603. The van der Waals surface area contributed by atoms with Crippen LogP contribution in [0.25, 0.3) is 0 Å². The quantitative estimate of drug-likeness (QED) is 0.873. The fraction of sp³-hybridized carbons (Fsp3) is 0.714. The third-order valence-electron chi connectivity index (χ3n) is 3.46. The van der Waals surface area contributed by atoms with Crippen LogP contribution in [0, 0.1) is 5.92 Å². The van der Waals surface area contributed by atoms with E-state index < -0.39 is 0 Å². The Morgan fingerprint density at radius 2 is 2.11 bits per heavy atom. The van der Waals surface area contributed by atoms with E-state index in [-0.39, 0.29) is 12.5 Å². The Labute approximate surface area is 108 Å². The van der Waals surface area contributed by atoms with Crippen molar-refractivity contribution in [2.24, 2.45) is 5.92 Å². The molecule has 4 nitrogen and oxygen atoms in total. The van der Waals surface area contributed by atoms with Gasteiger partial charge >= 0.3 is 0 Å². The van der Waals surface area contributed by atoms with Crippen LogP contribution >= 0.6 is 0 Å². The number of hydrogen-bond donors (Lipinski definition) is 1. The Morgan fingerprint density at radius 3 is 2.72 bits per heavy atom. The van der Waals surface area contributed by atoms with E-state index in [1.54, 1.807) is 6.20 Å². The van der Waals surface area contributed by atoms with E-state index in [1.165, 1.54) is 25.7 Å². The van der Waals surface area contributed by atoms with Gasteiger partial charge in [0.1, 0.15) is 11.5 Å². The number of aliphatic hydroxyl groups excluding tert-OH is 1. The summed E-state index contributed by atoms with van der Waals surface area (Å²) in [6.07, 6.45) is 6.81. The molecule has 0 unspecified atom stereocenters. The zero-order chi connectivity index (χ0) is 13.0. The van der Waals surface area contributed by atoms with Gasteiger partial charge in [0.05, 0.1) is 19.4 Å². The molecule has 1 aromatic rings. The monoisotopic (exact) mass is 250 g/mol. The molecule has 1 saturated carbocycles. The standard InChI is InChI=1S/C14H22N2O2/c1-10(2)14-15-7-13(12(8-17)16-14)18-9-11-5-3-4-6-11/h7,10-11,17H,3-6,8-9H2,1-2H3. The Kier molecular flexibility index (Phi) is 4.53. The molecule has 18 heavy (non-hydrogen) atoms. The van der Waals surface area contributed by atoms with Crippen molar-refractivity contribution < 1.29 is 9.84 Å². The number of nitrogens with zero attached hydrogens (tertiary/aromatic N) is 2. The minimum Gasteiger partial charge on any atom is -0.490 e. The largest absolute Gasteiger partial charge is 0.490 e. The Hall–Kier alpha value is -1.16. The van der Waals surface area contributed by atoms with Gasteiger partial charge in [-0.25, -0.2) is 9.97 Å². The lowest BCUT2D eigenvalue weighted by Gasteiger charge is -2.14. The first-order valence-corrected chi connectivity index (χ1v) is 6.80. The number of ether oxygens (including phenoxy) is 1. The molecule has 2 rings (SSSR count). The minimum atomic E-state index is -0.0950. The highest BCUT2D eigenvalue weighted by Gasteiger charge is 2.17. The SMILES string of the molecule is CC(C)c1ncc(OCC2CCCC2)c(CO)n1. The van der Waals surface area contributed by atoms with E-state index in [0.29, 0.717) is 17.4 Å². The highest BCUT2D eigenvalue weighted by atomic mass is 16.5. The molecule has 0 amide bonds. The third-order valence-corrected chi connectivity index (χ3v) is 3.46. The summed E-state index contributed by atoms with van der Waals surface area (Å²) in [5, 5.41) is 9.35. The van der Waals surface area contributed by atoms with Gasteiger partial charge in [0.25, 0.3) is 0 Å². The second-order valence-electron chi connectivity index (χ2n) is 5.31. The van der Waals surface area contributed by atoms with Crippen LogP contribution in [0.2, 0.25) is 0 Å². The van der Waals surface area contributed by atoms with Crippen LogP contribution in [-0.4, -0.2) is 21.7 Å². The van der Waals surface area contributed by atoms with Gasteiger partial charge in [-0.05, 0) is 18.8 Å². The molecule has 1 aliphatic rings. The predicted octanol–water partition coefficient (Wildman–Crippen LogP) is 2.66. The summed E-state index contributed by atoms with van der Waals surface area (Å²) in [5.74, 6) is 2.31. The normalized spacial score (nSPS) is 16.4. The molecule has 0 radical (unpaired) electrons. The molecular formula is C14H22N2O2. The molecule has 0 aliphatic heterocycles. The molecule has 0 bridgehead atoms. The van der Waals surface area contributed by atoms with E-state index in [9.17, 15) is 5.11 Å². The van der Waals surface area contributed by atoms with Crippen LogP contribution in [-0.2, 0) is 6.61 Å². The zero-order valence-corrected chi connectivity index (χ0v) is 11.2. The maximum atomic E-state index is 9.35. The van der Waals surface area contributed by atoms with E-state index >= 15 is 0 Å². The molecule has 100 valence electrons. The zero-order valence-electron chi connectivity index (χ0n) is 11.2. The maximum absolute atomic E-state index is 9.35. The van der Waals surface area contributed by atoms with Gasteiger partial charge in [-0.15, -0.1) is 0 Å². The highest BCUT2D eigenvalue weighted by molar-refractivity contribution is 5.24. The van der Waals surface area contributed by atoms with Crippen LogP contribution in [0.15, 0.2) is 6.20 Å². The molecule has 1 aliphatic carbocycles. The molecule has 1 N–H and O–H groups in total. The van der Waals surface area contributed by atoms with Crippen molar-refractivity contribution in [2.45, 2.75) is 52.1 Å². The first-order chi connectivity index (χ1) is 8.70. The molecule has 4 heteroatoms. The first-order valence-electron chi connectivity index (χ1n) is 6.80. The van der Waals surface area contributed by atoms with Crippen molar-refractivity contribution in [3.8, 4) is 5.75 Å². The lowest BCUT2D eigenvalue weighted by molar-refractivity contribution is 0.229. The van der Waals surface area contributed by atoms with Crippen LogP contribution in [0.1, 0.15) is 57.0 Å². The van der Waals surface area contributed by atoms with Crippen molar-refractivity contribution >= 4 is 0 Å². The van der Waals surface area contributed by atoms with Gasteiger partial charge in [0.2, 0.25) is 0 Å². The number of rotatable bonds is 5. The fourth-order valence-electron chi connectivity index (χ4n) is 2.32. The molecule has 0 saturated heterocycles. The van der Waals surface area contributed by atoms with Crippen LogP contribution in [0.4, 0.5) is 0 Å². The van der Waals surface area contributed by atoms with Gasteiger partial charge < -0.3 is 9.84 Å². The maximum Gasteiger partial charge on any atom is 0.161 e. The molecule has 0 atom stereocenters. The number of hydrogen-bond acceptors (Lipinski definition) is 4. The summed E-state index contributed by atoms with van der Waals surface area (Å²) >= 11 is 0. The number of aromatic nitrogens is 2. The predicted molar refractivity (Wildman–Crippen MR) is 69.5 cm³/mol. The smallest absolute Gasteiger partial charge is 0.161 e. The lowest BCUT2D eigenvalue weighted by atomic mass is 10.1. The third kappa shape index (κ3) is 3.19. The second-order valence-corrected chi connectivity index (χ2v) is 5.31. The highest BCUT2D eigenvalue weighted by Crippen LogP contribution is 2.26. The van der Waals surface area contributed by atoms with Crippen molar-refractivity contribution in [3.05, 3.63) is 17.7 Å². The summed E-state index contributed by atoms with van der Waals surface area (Å²) < 4.78 is 5.76. The van der Waals surface area contributed by atoms with Crippen molar-refractivity contribution in [1.29, 1.82) is 0 Å². The van der Waals surface area contributed by atoms with Gasteiger partial charge in [0.15, 0.2) is 5.75 Å². The van der Waals surface area contributed by atoms with Gasteiger partial charge in [-0.1, -0.05) is 26.7 Å². The second kappa shape index (κ2) is 6.14. The average Bonchev–Trinajstić information content (AvgIpc) is 2.89. The molecular weight excluding hydrogens is 228 g/mol. The van der Waals surface area contributed by atoms with Crippen molar-refractivity contribution in [3.63, 3.8) is 0 Å². The number of aliphatic hydroxyl groups is 1. The molecule has 0 aromatic carbocycles. The van der Waals surface area contributed by atoms with E-state index in [0.717, 1.165) is 12.4 Å². The van der Waals surface area contributed by atoms with Crippen molar-refractivity contribution in [2.75, 3.05) is 6.61 Å². The topological polar surface area (TPSA) is 55.2 Å². The average molecular weight is 250 g/mol. The first kappa shape index (κ1) is 13.3. The molecule has 1 fully saturated rings. The fourth-order valence-corrected chi connectivity index (χ4v) is 2.32. The molecule has 1 heterocycles. The molecule has 0 spiro atoms. The van der Waals surface area contributed by atoms with E-state index in [4.69, 9.17) is 4.74 Å². The van der Waals surface area contributed by atoms with Gasteiger partial charge in [0, 0.05) is 5.92 Å². The van der Waals surface area contributed by atoms with Crippen LogP contribution < -0.4 is 4.74 Å².